The minimum atomic E-state index is 0.655. The third-order valence-corrected chi connectivity index (χ3v) is 3.39. The number of thiocarbonyl (C=S) groups is 1. The fourth-order valence-electron chi connectivity index (χ4n) is 1.38. The average molecular weight is 335 g/mol. The molecule has 0 atom stereocenters. The summed E-state index contributed by atoms with van der Waals surface area (Å²) >= 11 is 8.56. The maximum absolute atomic E-state index is 5.11. The molecule has 1 aromatic heterocycles. The monoisotopic (exact) mass is 334 g/mol. The first-order valence-electron chi connectivity index (χ1n) is 5.83. The van der Waals surface area contributed by atoms with Gasteiger partial charge >= 0.3 is 0 Å². The molecule has 0 spiro atoms. The summed E-state index contributed by atoms with van der Waals surface area (Å²) < 4.78 is 7.90. The summed E-state index contributed by atoms with van der Waals surface area (Å²) in [6.07, 6.45) is 2.96. The molecule has 18 heavy (non-hydrogen) atoms. The lowest BCUT2D eigenvalue weighted by Crippen LogP contribution is -2.37. The number of halogens is 1. The van der Waals surface area contributed by atoms with E-state index in [1.807, 2.05) is 17.8 Å². The van der Waals surface area contributed by atoms with Crippen molar-refractivity contribution >= 4 is 33.3 Å². The summed E-state index contributed by atoms with van der Waals surface area (Å²) in [5.41, 5.74) is 1.01. The van der Waals surface area contributed by atoms with Crippen LogP contribution in [0.5, 0.6) is 0 Å². The Kier molecular flexibility index (Phi) is 7.22. The lowest BCUT2D eigenvalue weighted by Gasteiger charge is -2.09. The second-order valence-corrected chi connectivity index (χ2v) is 5.12. The molecule has 0 fully saturated rings. The summed E-state index contributed by atoms with van der Waals surface area (Å²) in [5, 5.41) is 11.2. The zero-order chi connectivity index (χ0) is 13.4. The molecule has 0 aliphatic carbocycles. The summed E-state index contributed by atoms with van der Waals surface area (Å²) in [4.78, 5) is 0. The fraction of sp³-hybridized carbons (Fsp3) is 0.636. The highest BCUT2D eigenvalue weighted by Crippen LogP contribution is 2.12. The Morgan fingerprint density at radius 1 is 1.50 bits per heavy atom. The van der Waals surface area contributed by atoms with Gasteiger partial charge in [0.15, 0.2) is 5.11 Å². The van der Waals surface area contributed by atoms with Crippen molar-refractivity contribution in [3.63, 3.8) is 0 Å². The maximum Gasteiger partial charge on any atom is 0.166 e. The smallest absolute Gasteiger partial charge is 0.166 e. The standard InChI is InChI=1S/C11H19BrN4OS/c1-9-10(12)8-16(15-9)6-3-4-13-11(18)14-5-7-17-2/h8H,3-7H2,1-2H3,(H2,13,14,18). The van der Waals surface area contributed by atoms with Crippen molar-refractivity contribution in [3.05, 3.63) is 16.4 Å². The number of hydrogen-bond donors (Lipinski definition) is 2. The molecule has 0 bridgehead atoms. The first-order valence-corrected chi connectivity index (χ1v) is 7.04. The molecule has 0 aliphatic rings. The summed E-state index contributed by atoms with van der Waals surface area (Å²) in [7, 11) is 1.67. The molecule has 1 aromatic rings. The number of aryl methyl sites for hydroxylation is 2. The van der Waals surface area contributed by atoms with Gasteiger partial charge in [-0.25, -0.2) is 0 Å². The van der Waals surface area contributed by atoms with Crippen LogP contribution in [0.1, 0.15) is 12.1 Å². The van der Waals surface area contributed by atoms with E-state index in [1.165, 1.54) is 0 Å². The Balaban J connectivity index is 2.09. The van der Waals surface area contributed by atoms with Crippen molar-refractivity contribution in [2.24, 2.45) is 0 Å². The number of hydrogen-bond acceptors (Lipinski definition) is 3. The predicted octanol–water partition coefficient (Wildman–Crippen LogP) is 1.45. The highest BCUT2D eigenvalue weighted by atomic mass is 79.9. The molecular formula is C11H19BrN4OS. The molecule has 7 heteroatoms. The normalized spacial score (nSPS) is 10.4. The van der Waals surface area contributed by atoms with Crippen LogP contribution < -0.4 is 10.6 Å². The third-order valence-electron chi connectivity index (χ3n) is 2.33. The molecule has 0 amide bonds. The number of rotatable bonds is 7. The van der Waals surface area contributed by atoms with Gasteiger partial charge in [0.2, 0.25) is 0 Å². The number of nitrogens with one attached hydrogen (secondary N) is 2. The highest BCUT2D eigenvalue weighted by molar-refractivity contribution is 9.10. The molecule has 0 radical (unpaired) electrons. The molecular weight excluding hydrogens is 316 g/mol. The Bertz CT molecular complexity index is 364. The number of methoxy groups -OCH3 is 1. The van der Waals surface area contributed by atoms with E-state index in [-0.39, 0.29) is 0 Å². The van der Waals surface area contributed by atoms with Crippen molar-refractivity contribution in [1.29, 1.82) is 0 Å². The Morgan fingerprint density at radius 3 is 2.83 bits per heavy atom. The van der Waals surface area contributed by atoms with Crippen LogP contribution in [0.2, 0.25) is 0 Å². The van der Waals surface area contributed by atoms with Crippen molar-refractivity contribution in [2.75, 3.05) is 26.8 Å². The van der Waals surface area contributed by atoms with Gasteiger partial charge in [-0.05, 0) is 41.5 Å². The van der Waals surface area contributed by atoms with Crippen LogP contribution in [-0.2, 0) is 11.3 Å². The molecule has 2 N–H and O–H groups in total. The Labute approximate surface area is 121 Å². The van der Waals surface area contributed by atoms with E-state index < -0.39 is 0 Å². The SMILES string of the molecule is COCCNC(=S)NCCCn1cc(Br)c(C)n1. The van der Waals surface area contributed by atoms with E-state index in [9.17, 15) is 0 Å². The molecule has 0 aliphatic heterocycles. The number of aromatic nitrogens is 2. The third kappa shape index (κ3) is 5.79. The van der Waals surface area contributed by atoms with Crippen LogP contribution in [0.15, 0.2) is 10.7 Å². The van der Waals surface area contributed by atoms with Crippen LogP contribution in [0, 0.1) is 6.92 Å². The van der Waals surface area contributed by atoms with Gasteiger partial charge < -0.3 is 15.4 Å². The zero-order valence-electron chi connectivity index (χ0n) is 10.7. The van der Waals surface area contributed by atoms with Crippen molar-refractivity contribution in [1.82, 2.24) is 20.4 Å². The van der Waals surface area contributed by atoms with Gasteiger partial charge in [-0.15, -0.1) is 0 Å². The number of nitrogens with zero attached hydrogens (tertiary/aromatic N) is 2. The van der Waals surface area contributed by atoms with Crippen LogP contribution in [0.4, 0.5) is 0 Å². The first kappa shape index (κ1) is 15.4. The average Bonchev–Trinajstić information content (AvgIpc) is 2.65. The van der Waals surface area contributed by atoms with Crippen LogP contribution in [0.3, 0.4) is 0 Å². The van der Waals surface area contributed by atoms with Crippen LogP contribution in [0.25, 0.3) is 0 Å². The maximum atomic E-state index is 5.11. The van der Waals surface area contributed by atoms with Gasteiger partial charge in [0.25, 0.3) is 0 Å². The number of ether oxygens (including phenoxy) is 1. The van der Waals surface area contributed by atoms with Crippen molar-refractivity contribution < 1.29 is 4.74 Å². The molecule has 1 rings (SSSR count). The molecule has 0 aromatic carbocycles. The molecule has 102 valence electrons. The van der Waals surface area contributed by atoms with Crippen molar-refractivity contribution in [2.45, 2.75) is 19.9 Å². The Morgan fingerprint density at radius 2 is 2.22 bits per heavy atom. The zero-order valence-corrected chi connectivity index (χ0v) is 13.1. The van der Waals surface area contributed by atoms with E-state index in [0.29, 0.717) is 11.7 Å². The van der Waals surface area contributed by atoms with E-state index in [0.717, 1.165) is 36.2 Å². The van der Waals surface area contributed by atoms with Gasteiger partial charge in [0, 0.05) is 32.9 Å². The largest absolute Gasteiger partial charge is 0.383 e. The molecule has 0 saturated carbocycles. The molecule has 1 heterocycles. The predicted molar refractivity (Wildman–Crippen MR) is 79.8 cm³/mol. The second kappa shape index (κ2) is 8.44. The van der Waals surface area contributed by atoms with Gasteiger partial charge in [0.05, 0.1) is 16.8 Å². The minimum absolute atomic E-state index is 0.655. The summed E-state index contributed by atoms with van der Waals surface area (Å²) in [6, 6.07) is 0. The molecule has 0 unspecified atom stereocenters. The quantitative estimate of drug-likeness (QED) is 0.584. The van der Waals surface area contributed by atoms with Gasteiger partial charge in [0.1, 0.15) is 0 Å². The van der Waals surface area contributed by atoms with Gasteiger partial charge in [-0.3, -0.25) is 4.68 Å². The van der Waals surface area contributed by atoms with Crippen LogP contribution >= 0.6 is 28.1 Å². The van der Waals surface area contributed by atoms with Gasteiger partial charge in [-0.1, -0.05) is 0 Å². The Hall–Kier alpha value is -0.660. The van der Waals surface area contributed by atoms with E-state index in [2.05, 4.69) is 31.7 Å². The van der Waals surface area contributed by atoms with Crippen LogP contribution in [-0.4, -0.2) is 41.7 Å². The molecule has 0 saturated heterocycles. The highest BCUT2D eigenvalue weighted by Gasteiger charge is 2.01. The summed E-state index contributed by atoms with van der Waals surface area (Å²) in [6.45, 7) is 5.07. The van der Waals surface area contributed by atoms with E-state index in [1.54, 1.807) is 7.11 Å². The van der Waals surface area contributed by atoms with E-state index in [4.69, 9.17) is 17.0 Å². The molecule has 5 nitrogen and oxygen atoms in total. The lowest BCUT2D eigenvalue weighted by molar-refractivity contribution is 0.204. The van der Waals surface area contributed by atoms with Crippen molar-refractivity contribution in [3.8, 4) is 0 Å². The lowest BCUT2D eigenvalue weighted by atomic mass is 10.4. The first-order chi connectivity index (χ1) is 8.63. The minimum Gasteiger partial charge on any atom is -0.383 e. The second-order valence-electron chi connectivity index (χ2n) is 3.85. The topological polar surface area (TPSA) is 51.1 Å². The fourth-order valence-corrected chi connectivity index (χ4v) is 1.90. The summed E-state index contributed by atoms with van der Waals surface area (Å²) in [5.74, 6) is 0. The van der Waals surface area contributed by atoms with E-state index >= 15 is 0 Å². The van der Waals surface area contributed by atoms with Gasteiger partial charge in [-0.2, -0.15) is 5.10 Å².